The molecule has 2 aromatic carbocycles. The molecule has 0 aliphatic carbocycles. The lowest BCUT2D eigenvalue weighted by Gasteiger charge is -2.31. The average Bonchev–Trinajstić information content (AvgIpc) is 2.82. The number of hydrogen-bond acceptors (Lipinski definition) is 4. The maximum atomic E-state index is 12.9. The zero-order valence-electron chi connectivity index (χ0n) is 17.9. The van der Waals surface area contributed by atoms with E-state index in [1.54, 1.807) is 30.3 Å². The first-order chi connectivity index (χ1) is 15.0. The molecule has 2 aliphatic rings. The zero-order chi connectivity index (χ0) is 21.7. The second-order valence-corrected chi connectivity index (χ2v) is 10.4. The monoisotopic (exact) mass is 441 g/mol. The van der Waals surface area contributed by atoms with Crippen LogP contribution in [0.15, 0.2) is 59.5 Å². The second-order valence-electron chi connectivity index (χ2n) is 8.45. The second kappa shape index (κ2) is 9.94. The summed E-state index contributed by atoms with van der Waals surface area (Å²) >= 11 is 0. The number of nitrogens with one attached hydrogen (secondary N) is 1. The topological polar surface area (TPSA) is 69.7 Å². The highest BCUT2D eigenvalue weighted by Crippen LogP contribution is 2.24. The van der Waals surface area contributed by atoms with Crippen LogP contribution in [0.3, 0.4) is 0 Å². The van der Waals surface area contributed by atoms with Gasteiger partial charge in [-0.2, -0.15) is 4.31 Å². The van der Waals surface area contributed by atoms with Crippen LogP contribution in [0, 0.1) is 5.92 Å². The highest BCUT2D eigenvalue weighted by atomic mass is 32.2. The highest BCUT2D eigenvalue weighted by Gasteiger charge is 2.33. The van der Waals surface area contributed by atoms with Crippen molar-refractivity contribution in [1.82, 2.24) is 14.5 Å². The van der Waals surface area contributed by atoms with Crippen LogP contribution < -0.4 is 5.32 Å². The number of piperidine rings is 1. The standard InChI is InChI=1S/C24H31N3O3S/c28-24(25-14-7-15-26-17-13-20-8-4-5-9-21(20)18-26)22-10-6-16-27(19-22)31(29,30)23-11-2-1-3-12-23/h1-5,8-9,11-12,22H,6-7,10,13-19H2,(H,25,28)/t22-/m0/s1. The van der Waals surface area contributed by atoms with Gasteiger partial charge in [0.1, 0.15) is 0 Å². The third-order valence-corrected chi connectivity index (χ3v) is 8.18. The summed E-state index contributed by atoms with van der Waals surface area (Å²) in [7, 11) is -3.55. The fraction of sp³-hybridized carbons (Fsp3) is 0.458. The molecule has 1 atom stereocenters. The van der Waals surface area contributed by atoms with Gasteiger partial charge < -0.3 is 5.32 Å². The largest absolute Gasteiger partial charge is 0.356 e. The molecule has 0 spiro atoms. The average molecular weight is 442 g/mol. The molecule has 2 aromatic rings. The maximum Gasteiger partial charge on any atom is 0.243 e. The molecule has 0 radical (unpaired) electrons. The van der Waals surface area contributed by atoms with Crippen LogP contribution in [0.4, 0.5) is 0 Å². The maximum absolute atomic E-state index is 12.9. The van der Waals surface area contributed by atoms with Crippen molar-refractivity contribution in [2.24, 2.45) is 5.92 Å². The van der Waals surface area contributed by atoms with Gasteiger partial charge in [0.2, 0.25) is 15.9 Å². The van der Waals surface area contributed by atoms with E-state index in [1.165, 1.54) is 15.4 Å². The van der Waals surface area contributed by atoms with E-state index in [1.807, 2.05) is 0 Å². The smallest absolute Gasteiger partial charge is 0.243 e. The summed E-state index contributed by atoms with van der Waals surface area (Å²) in [5.41, 5.74) is 2.85. The summed E-state index contributed by atoms with van der Waals surface area (Å²) in [5.74, 6) is -0.314. The minimum Gasteiger partial charge on any atom is -0.356 e. The van der Waals surface area contributed by atoms with Crippen molar-refractivity contribution < 1.29 is 13.2 Å². The Labute approximate surface area is 185 Å². The summed E-state index contributed by atoms with van der Waals surface area (Å²) in [5, 5.41) is 3.04. The summed E-state index contributed by atoms with van der Waals surface area (Å²) in [4.78, 5) is 15.4. The summed E-state index contributed by atoms with van der Waals surface area (Å²) in [6, 6.07) is 17.1. The first kappa shape index (κ1) is 22.0. The first-order valence-corrected chi connectivity index (χ1v) is 12.6. The van der Waals surface area contributed by atoms with Crippen molar-refractivity contribution in [3.63, 3.8) is 0 Å². The molecule has 4 rings (SSSR count). The van der Waals surface area contributed by atoms with Gasteiger partial charge in [-0.1, -0.05) is 42.5 Å². The van der Waals surface area contributed by atoms with E-state index in [4.69, 9.17) is 0 Å². The number of carbonyl (C=O) groups excluding carboxylic acids is 1. The van der Waals surface area contributed by atoms with E-state index in [0.717, 1.165) is 38.9 Å². The van der Waals surface area contributed by atoms with Gasteiger partial charge in [0.15, 0.2) is 0 Å². The van der Waals surface area contributed by atoms with Gasteiger partial charge in [-0.05, 0) is 48.9 Å². The summed E-state index contributed by atoms with van der Waals surface area (Å²) < 4.78 is 27.2. The van der Waals surface area contributed by atoms with E-state index >= 15 is 0 Å². The lowest BCUT2D eigenvalue weighted by atomic mass is 9.98. The Balaban J connectivity index is 1.23. The zero-order valence-corrected chi connectivity index (χ0v) is 18.7. The minimum atomic E-state index is -3.55. The Kier molecular flexibility index (Phi) is 7.05. The van der Waals surface area contributed by atoms with E-state index in [0.29, 0.717) is 24.4 Å². The van der Waals surface area contributed by atoms with Gasteiger partial charge in [0.25, 0.3) is 0 Å². The van der Waals surface area contributed by atoms with Gasteiger partial charge in [-0.15, -0.1) is 0 Å². The molecule has 1 amide bonds. The van der Waals surface area contributed by atoms with Crippen LogP contribution in [0.25, 0.3) is 0 Å². The van der Waals surface area contributed by atoms with Crippen LogP contribution >= 0.6 is 0 Å². The minimum absolute atomic E-state index is 0.0306. The van der Waals surface area contributed by atoms with Gasteiger partial charge in [0.05, 0.1) is 10.8 Å². The van der Waals surface area contributed by atoms with Gasteiger partial charge >= 0.3 is 0 Å². The van der Waals surface area contributed by atoms with Crippen LogP contribution in [0.2, 0.25) is 0 Å². The molecule has 0 unspecified atom stereocenters. The Morgan fingerprint density at radius 1 is 1.00 bits per heavy atom. The molecule has 1 N–H and O–H groups in total. The van der Waals surface area contributed by atoms with Crippen molar-refractivity contribution in [3.8, 4) is 0 Å². The van der Waals surface area contributed by atoms with Crippen molar-refractivity contribution in [3.05, 3.63) is 65.7 Å². The Morgan fingerprint density at radius 3 is 2.55 bits per heavy atom. The number of hydrogen-bond donors (Lipinski definition) is 1. The van der Waals surface area contributed by atoms with Crippen LogP contribution in [-0.4, -0.2) is 56.3 Å². The van der Waals surface area contributed by atoms with Crippen LogP contribution in [0.5, 0.6) is 0 Å². The molecule has 31 heavy (non-hydrogen) atoms. The predicted molar refractivity (Wildman–Crippen MR) is 121 cm³/mol. The number of amides is 1. The van der Waals surface area contributed by atoms with Crippen molar-refractivity contribution >= 4 is 15.9 Å². The van der Waals surface area contributed by atoms with E-state index in [9.17, 15) is 13.2 Å². The molecule has 0 saturated carbocycles. The Morgan fingerprint density at radius 2 is 1.74 bits per heavy atom. The molecule has 1 saturated heterocycles. The van der Waals surface area contributed by atoms with Gasteiger partial charge in [0, 0.05) is 39.3 Å². The molecule has 0 aromatic heterocycles. The number of rotatable bonds is 7. The van der Waals surface area contributed by atoms with Gasteiger partial charge in [-0.3, -0.25) is 9.69 Å². The molecule has 2 heterocycles. The third-order valence-electron chi connectivity index (χ3n) is 6.30. The molecular formula is C24H31N3O3S. The van der Waals surface area contributed by atoms with Crippen molar-refractivity contribution in [2.75, 3.05) is 32.7 Å². The fourth-order valence-electron chi connectivity index (χ4n) is 4.52. The van der Waals surface area contributed by atoms with E-state index in [2.05, 4.69) is 34.5 Å². The first-order valence-electron chi connectivity index (χ1n) is 11.2. The van der Waals surface area contributed by atoms with Crippen LogP contribution in [0.1, 0.15) is 30.4 Å². The molecular weight excluding hydrogens is 410 g/mol. The normalized spacial score (nSPS) is 20.2. The predicted octanol–water partition coefficient (Wildman–Crippen LogP) is 2.65. The SMILES string of the molecule is O=C(NCCCN1CCc2ccccc2C1)[C@H]1CCCN(S(=O)(=O)c2ccccc2)C1. The summed E-state index contributed by atoms with van der Waals surface area (Å²) in [6.07, 6.45) is 3.41. The lowest BCUT2D eigenvalue weighted by Crippen LogP contribution is -2.45. The summed E-state index contributed by atoms with van der Waals surface area (Å²) in [6.45, 7) is 4.33. The highest BCUT2D eigenvalue weighted by molar-refractivity contribution is 7.89. The fourth-order valence-corrected chi connectivity index (χ4v) is 6.06. The van der Waals surface area contributed by atoms with Crippen molar-refractivity contribution in [1.29, 1.82) is 0 Å². The third kappa shape index (κ3) is 5.34. The number of benzene rings is 2. The number of fused-ring (bicyclic) bond motifs is 1. The van der Waals surface area contributed by atoms with E-state index < -0.39 is 10.0 Å². The molecule has 1 fully saturated rings. The van der Waals surface area contributed by atoms with E-state index in [-0.39, 0.29) is 18.4 Å². The molecule has 6 nitrogen and oxygen atoms in total. The number of nitrogens with zero attached hydrogens (tertiary/aromatic N) is 2. The molecule has 0 bridgehead atoms. The lowest BCUT2D eigenvalue weighted by molar-refractivity contribution is -0.126. The molecule has 166 valence electrons. The quantitative estimate of drug-likeness (QED) is 0.671. The Bertz CT molecular complexity index is 994. The van der Waals surface area contributed by atoms with Crippen molar-refractivity contribution in [2.45, 2.75) is 37.1 Å². The number of sulfonamides is 1. The molecule has 2 aliphatic heterocycles. The number of carbonyl (C=O) groups is 1. The van der Waals surface area contributed by atoms with Gasteiger partial charge in [-0.25, -0.2) is 8.42 Å². The van der Waals surface area contributed by atoms with Crippen LogP contribution in [-0.2, 0) is 27.8 Å². The Hall–Kier alpha value is -2.22. The molecule has 7 heteroatoms.